The monoisotopic (exact) mass is 310 g/mol. The minimum atomic E-state index is 0.0715. The van der Waals surface area contributed by atoms with Crippen LogP contribution in [0.3, 0.4) is 0 Å². The van der Waals surface area contributed by atoms with E-state index in [1.165, 1.54) is 11.1 Å². The number of hydrogen-bond donors (Lipinski definition) is 1. The van der Waals surface area contributed by atoms with E-state index in [4.69, 9.17) is 0 Å². The molecule has 2 heterocycles. The second kappa shape index (κ2) is 5.52. The van der Waals surface area contributed by atoms with Gasteiger partial charge in [0.1, 0.15) is 0 Å². The highest BCUT2D eigenvalue weighted by molar-refractivity contribution is 6.24. The number of oxime groups is 1. The number of carbonyl (C=O) groups is 1. The molecule has 0 amide bonds. The molecule has 0 bridgehead atoms. The number of allylic oxidation sites excluding steroid dienone is 2. The Morgan fingerprint density at radius 1 is 1.26 bits per heavy atom. The Hall–Kier alpha value is -2.10. The van der Waals surface area contributed by atoms with Crippen LogP contribution >= 0.6 is 0 Å². The lowest BCUT2D eigenvalue weighted by molar-refractivity contribution is -0.116. The highest BCUT2D eigenvalue weighted by Crippen LogP contribution is 2.47. The number of Topliss-reactive ketones (excluding diaryl/α,β-unsaturated/α-hetero) is 1. The number of fused-ring (bicyclic) bond motifs is 4. The number of rotatable bonds is 1. The lowest BCUT2D eigenvalue weighted by Crippen LogP contribution is -2.48. The zero-order valence-corrected chi connectivity index (χ0v) is 13.5. The summed E-state index contributed by atoms with van der Waals surface area (Å²) in [5, 5.41) is 13.3. The van der Waals surface area contributed by atoms with Crippen molar-refractivity contribution in [1.29, 1.82) is 0 Å². The Morgan fingerprint density at radius 2 is 2.09 bits per heavy atom. The van der Waals surface area contributed by atoms with E-state index in [0.29, 0.717) is 17.7 Å². The molecule has 23 heavy (non-hydrogen) atoms. The number of benzene rings is 1. The Kier molecular flexibility index (Phi) is 3.47. The number of carbonyl (C=O) groups excluding carboxylic acids is 1. The lowest BCUT2D eigenvalue weighted by Gasteiger charge is -2.49. The SMILES string of the molecule is CC[C@H]1C(=NO)C2=C(CCCC2=O)N2CCc3ccccc3[C@H]12. The number of ketones is 1. The second-order valence-electron chi connectivity index (χ2n) is 6.69. The fraction of sp³-hybridized carbons (Fsp3) is 0.474. The summed E-state index contributed by atoms with van der Waals surface area (Å²) >= 11 is 0. The summed E-state index contributed by atoms with van der Waals surface area (Å²) in [6.45, 7) is 3.06. The molecule has 4 rings (SSSR count). The summed E-state index contributed by atoms with van der Waals surface area (Å²) in [6, 6.07) is 8.76. The molecule has 0 radical (unpaired) electrons. The molecular weight excluding hydrogens is 288 g/mol. The Bertz CT molecular complexity index is 720. The van der Waals surface area contributed by atoms with Crippen molar-refractivity contribution in [1.82, 2.24) is 4.90 Å². The van der Waals surface area contributed by atoms with Crippen LogP contribution in [0.2, 0.25) is 0 Å². The average Bonchev–Trinajstić information content (AvgIpc) is 2.60. The molecule has 0 spiro atoms. The van der Waals surface area contributed by atoms with Crippen LogP contribution in [0.1, 0.15) is 49.8 Å². The van der Waals surface area contributed by atoms with Gasteiger partial charge in [0.15, 0.2) is 5.78 Å². The molecule has 4 nitrogen and oxygen atoms in total. The van der Waals surface area contributed by atoms with Crippen LogP contribution in [0.25, 0.3) is 0 Å². The van der Waals surface area contributed by atoms with Crippen LogP contribution in [-0.4, -0.2) is 28.1 Å². The van der Waals surface area contributed by atoms with Gasteiger partial charge in [0.25, 0.3) is 0 Å². The van der Waals surface area contributed by atoms with Gasteiger partial charge in [0.05, 0.1) is 17.3 Å². The molecule has 3 aliphatic rings. The van der Waals surface area contributed by atoms with E-state index in [2.05, 4.69) is 41.2 Å². The van der Waals surface area contributed by atoms with E-state index < -0.39 is 0 Å². The third-order valence-corrected chi connectivity index (χ3v) is 5.60. The molecule has 0 saturated heterocycles. The molecule has 1 aromatic rings. The Morgan fingerprint density at radius 3 is 2.87 bits per heavy atom. The quantitative estimate of drug-likeness (QED) is 0.638. The third-order valence-electron chi connectivity index (χ3n) is 5.60. The van der Waals surface area contributed by atoms with E-state index in [1.807, 2.05) is 0 Å². The van der Waals surface area contributed by atoms with E-state index in [1.54, 1.807) is 0 Å². The van der Waals surface area contributed by atoms with E-state index in [0.717, 1.165) is 37.9 Å². The number of hydrogen-bond acceptors (Lipinski definition) is 4. The Balaban J connectivity index is 1.93. The second-order valence-corrected chi connectivity index (χ2v) is 6.69. The minimum Gasteiger partial charge on any atom is -0.411 e. The first kappa shape index (κ1) is 14.5. The van der Waals surface area contributed by atoms with Gasteiger partial charge in [-0.1, -0.05) is 36.3 Å². The van der Waals surface area contributed by atoms with Crippen molar-refractivity contribution in [2.75, 3.05) is 6.54 Å². The molecule has 0 saturated carbocycles. The molecule has 0 fully saturated rings. The third kappa shape index (κ3) is 2.04. The van der Waals surface area contributed by atoms with Gasteiger partial charge in [-0.05, 0) is 36.8 Å². The minimum absolute atomic E-state index is 0.0715. The predicted octanol–water partition coefficient (Wildman–Crippen LogP) is 3.46. The van der Waals surface area contributed by atoms with Crippen molar-refractivity contribution in [3.05, 3.63) is 46.7 Å². The van der Waals surface area contributed by atoms with Crippen LogP contribution in [0, 0.1) is 5.92 Å². The van der Waals surface area contributed by atoms with E-state index >= 15 is 0 Å². The summed E-state index contributed by atoms with van der Waals surface area (Å²) in [6.07, 6.45) is 4.26. The molecule has 1 aliphatic carbocycles. The Labute approximate surface area is 136 Å². The van der Waals surface area contributed by atoms with Crippen molar-refractivity contribution in [3.63, 3.8) is 0 Å². The van der Waals surface area contributed by atoms with Gasteiger partial charge in [-0.3, -0.25) is 4.79 Å². The number of nitrogens with zero attached hydrogens (tertiary/aromatic N) is 2. The smallest absolute Gasteiger partial charge is 0.166 e. The fourth-order valence-electron chi connectivity index (χ4n) is 4.62. The molecule has 1 aromatic carbocycles. The highest BCUT2D eigenvalue weighted by atomic mass is 16.4. The summed E-state index contributed by atoms with van der Waals surface area (Å²) in [7, 11) is 0. The first-order valence-electron chi connectivity index (χ1n) is 8.59. The summed E-state index contributed by atoms with van der Waals surface area (Å²) in [5.74, 6) is 0.219. The van der Waals surface area contributed by atoms with E-state index in [-0.39, 0.29) is 17.7 Å². The summed E-state index contributed by atoms with van der Waals surface area (Å²) in [4.78, 5) is 14.9. The predicted molar refractivity (Wildman–Crippen MR) is 88.5 cm³/mol. The summed E-state index contributed by atoms with van der Waals surface area (Å²) in [5.41, 5.74) is 5.15. The van der Waals surface area contributed by atoms with Gasteiger partial charge in [-0.25, -0.2) is 0 Å². The fourth-order valence-corrected chi connectivity index (χ4v) is 4.62. The van der Waals surface area contributed by atoms with Gasteiger partial charge >= 0.3 is 0 Å². The van der Waals surface area contributed by atoms with Crippen LogP contribution < -0.4 is 0 Å². The normalized spacial score (nSPS) is 28.5. The first-order chi connectivity index (χ1) is 11.3. The van der Waals surface area contributed by atoms with Crippen molar-refractivity contribution >= 4 is 11.5 Å². The molecule has 0 unspecified atom stereocenters. The maximum atomic E-state index is 12.5. The van der Waals surface area contributed by atoms with Crippen LogP contribution in [0.5, 0.6) is 0 Å². The zero-order valence-electron chi connectivity index (χ0n) is 13.5. The van der Waals surface area contributed by atoms with Gasteiger partial charge in [-0.15, -0.1) is 0 Å². The van der Waals surface area contributed by atoms with Gasteiger partial charge in [0, 0.05) is 24.6 Å². The van der Waals surface area contributed by atoms with Crippen molar-refractivity contribution in [2.24, 2.45) is 11.1 Å². The van der Waals surface area contributed by atoms with Crippen molar-refractivity contribution in [2.45, 2.75) is 45.1 Å². The van der Waals surface area contributed by atoms with Crippen molar-refractivity contribution < 1.29 is 10.0 Å². The zero-order chi connectivity index (χ0) is 16.0. The maximum absolute atomic E-state index is 12.5. The van der Waals surface area contributed by atoms with Crippen molar-refractivity contribution in [3.8, 4) is 0 Å². The molecule has 4 heteroatoms. The molecule has 1 N–H and O–H groups in total. The van der Waals surface area contributed by atoms with Gasteiger partial charge in [-0.2, -0.15) is 0 Å². The maximum Gasteiger partial charge on any atom is 0.166 e. The highest BCUT2D eigenvalue weighted by Gasteiger charge is 2.45. The van der Waals surface area contributed by atoms with E-state index in [9.17, 15) is 10.0 Å². The topological polar surface area (TPSA) is 52.9 Å². The lowest BCUT2D eigenvalue weighted by atomic mass is 9.72. The molecule has 2 atom stereocenters. The van der Waals surface area contributed by atoms with Gasteiger partial charge in [0.2, 0.25) is 0 Å². The summed E-state index contributed by atoms with van der Waals surface area (Å²) < 4.78 is 0. The molecule has 2 aliphatic heterocycles. The average molecular weight is 310 g/mol. The van der Waals surface area contributed by atoms with Crippen LogP contribution in [-0.2, 0) is 11.2 Å². The molecule has 0 aromatic heterocycles. The first-order valence-corrected chi connectivity index (χ1v) is 8.59. The van der Waals surface area contributed by atoms with Gasteiger partial charge < -0.3 is 10.1 Å². The molecular formula is C19H22N2O2. The standard InChI is InChI=1S/C19H22N2O2/c1-2-13-18(20-23)17-15(8-5-9-16(17)22)21-11-10-12-6-3-4-7-14(12)19(13)21/h3-4,6-7,13,19,23H,2,5,8-11H2,1H3/t13-,19-/m0/s1. The van der Waals surface area contributed by atoms with Crippen LogP contribution in [0.4, 0.5) is 0 Å². The van der Waals surface area contributed by atoms with Crippen LogP contribution in [0.15, 0.2) is 40.7 Å². The molecule has 120 valence electrons. The largest absolute Gasteiger partial charge is 0.411 e.